The van der Waals surface area contributed by atoms with Crippen LogP contribution in [0.1, 0.15) is 34.3 Å². The molecule has 0 radical (unpaired) electrons. The van der Waals surface area contributed by atoms with Gasteiger partial charge in [-0.05, 0) is 49.1 Å². The first-order valence-corrected chi connectivity index (χ1v) is 9.37. The van der Waals surface area contributed by atoms with E-state index in [0.29, 0.717) is 31.1 Å². The van der Waals surface area contributed by atoms with E-state index in [2.05, 4.69) is 24.4 Å². The first-order valence-electron chi connectivity index (χ1n) is 9.37. The molecule has 1 heterocycles. The average molecular weight is 383 g/mol. The Bertz CT molecular complexity index is 842. The summed E-state index contributed by atoms with van der Waals surface area (Å²) in [5.41, 5.74) is 2.74. The molecule has 1 aliphatic rings. The zero-order chi connectivity index (χ0) is 20.0. The third kappa shape index (κ3) is 4.70. The Morgan fingerprint density at radius 3 is 2.61 bits per heavy atom. The molecule has 0 aromatic heterocycles. The quantitative estimate of drug-likeness (QED) is 0.768. The van der Waals surface area contributed by atoms with Crippen molar-refractivity contribution in [3.05, 3.63) is 65.2 Å². The standard InChI is InChI=1S/C22H25NO5/c1-16-5-2-3-8-19(16)22(9-11-27-12-10-22)15-23-21(26)17-6-4-7-18(13-17)28-14-20(24)25/h2-8,13H,9-12,14-15H2,1H3,(H,23,26)(H,24,25). The van der Waals surface area contributed by atoms with E-state index in [1.165, 1.54) is 11.1 Å². The van der Waals surface area contributed by atoms with Gasteiger partial charge in [-0.15, -0.1) is 0 Å². The number of aryl methyl sites for hydroxylation is 1. The number of benzene rings is 2. The van der Waals surface area contributed by atoms with Crippen LogP contribution >= 0.6 is 0 Å². The van der Waals surface area contributed by atoms with Crippen molar-refractivity contribution in [3.8, 4) is 5.75 Å². The molecule has 1 amide bonds. The van der Waals surface area contributed by atoms with Gasteiger partial charge in [0.05, 0.1) is 0 Å². The summed E-state index contributed by atoms with van der Waals surface area (Å²) in [6.45, 7) is 3.50. The highest BCUT2D eigenvalue weighted by atomic mass is 16.5. The van der Waals surface area contributed by atoms with E-state index in [-0.39, 0.29) is 11.3 Å². The molecule has 1 aliphatic heterocycles. The Morgan fingerprint density at radius 2 is 1.89 bits per heavy atom. The van der Waals surface area contributed by atoms with Gasteiger partial charge in [0.15, 0.2) is 6.61 Å². The van der Waals surface area contributed by atoms with Gasteiger partial charge in [-0.1, -0.05) is 30.3 Å². The molecule has 2 aromatic carbocycles. The molecule has 0 saturated carbocycles. The third-order valence-corrected chi connectivity index (χ3v) is 5.21. The Labute approximate surface area is 164 Å². The second-order valence-corrected chi connectivity index (χ2v) is 7.10. The number of hydrogen-bond donors (Lipinski definition) is 2. The highest BCUT2D eigenvalue weighted by Gasteiger charge is 2.35. The summed E-state index contributed by atoms with van der Waals surface area (Å²) in [4.78, 5) is 23.4. The van der Waals surface area contributed by atoms with Gasteiger partial charge in [-0.3, -0.25) is 4.79 Å². The highest BCUT2D eigenvalue weighted by molar-refractivity contribution is 5.94. The summed E-state index contributed by atoms with van der Waals surface area (Å²) in [7, 11) is 0. The topological polar surface area (TPSA) is 84.9 Å². The first-order chi connectivity index (χ1) is 13.5. The summed E-state index contributed by atoms with van der Waals surface area (Å²) < 4.78 is 10.7. The predicted octanol–water partition coefficient (Wildman–Crippen LogP) is 2.94. The molecule has 6 heteroatoms. The minimum atomic E-state index is -1.06. The van der Waals surface area contributed by atoms with Crippen molar-refractivity contribution in [1.82, 2.24) is 5.32 Å². The molecule has 2 aromatic rings. The molecule has 0 atom stereocenters. The van der Waals surface area contributed by atoms with Gasteiger partial charge in [0.2, 0.25) is 0 Å². The fraction of sp³-hybridized carbons (Fsp3) is 0.364. The van der Waals surface area contributed by atoms with Gasteiger partial charge in [0.25, 0.3) is 5.91 Å². The van der Waals surface area contributed by atoms with Crippen molar-refractivity contribution in [3.63, 3.8) is 0 Å². The van der Waals surface area contributed by atoms with Crippen molar-refractivity contribution in [2.75, 3.05) is 26.4 Å². The van der Waals surface area contributed by atoms with E-state index >= 15 is 0 Å². The molecule has 1 fully saturated rings. The van der Waals surface area contributed by atoms with Crippen LogP contribution in [0.4, 0.5) is 0 Å². The minimum Gasteiger partial charge on any atom is -0.482 e. The minimum absolute atomic E-state index is 0.156. The van der Waals surface area contributed by atoms with Gasteiger partial charge >= 0.3 is 5.97 Å². The molecule has 0 spiro atoms. The van der Waals surface area contributed by atoms with Gasteiger partial charge in [-0.2, -0.15) is 0 Å². The number of carbonyl (C=O) groups is 2. The number of carboxylic acid groups (broad SMARTS) is 1. The van der Waals surface area contributed by atoms with E-state index < -0.39 is 12.6 Å². The molecule has 148 valence electrons. The number of aliphatic carboxylic acids is 1. The maximum absolute atomic E-state index is 12.7. The summed E-state index contributed by atoms with van der Waals surface area (Å²) in [6.07, 6.45) is 1.69. The molecule has 0 unspecified atom stereocenters. The van der Waals surface area contributed by atoms with Crippen LogP contribution in [0.25, 0.3) is 0 Å². The molecule has 1 saturated heterocycles. The molecule has 28 heavy (non-hydrogen) atoms. The monoisotopic (exact) mass is 383 g/mol. The van der Waals surface area contributed by atoms with Gasteiger partial charge in [-0.25, -0.2) is 4.79 Å². The Hall–Kier alpha value is -2.86. The normalized spacial score (nSPS) is 15.6. The molecule has 2 N–H and O–H groups in total. The number of rotatable bonds is 7. The van der Waals surface area contributed by atoms with Crippen LogP contribution in [0.3, 0.4) is 0 Å². The smallest absolute Gasteiger partial charge is 0.341 e. The lowest BCUT2D eigenvalue weighted by Crippen LogP contribution is -2.45. The maximum Gasteiger partial charge on any atom is 0.341 e. The molecule has 3 rings (SSSR count). The Morgan fingerprint density at radius 1 is 1.14 bits per heavy atom. The van der Waals surface area contributed by atoms with E-state index in [4.69, 9.17) is 14.6 Å². The summed E-state index contributed by atoms with van der Waals surface area (Å²) in [6, 6.07) is 14.8. The van der Waals surface area contributed by atoms with E-state index in [0.717, 1.165) is 12.8 Å². The number of carboxylic acids is 1. The molecular weight excluding hydrogens is 358 g/mol. The van der Waals surface area contributed by atoms with Crippen molar-refractivity contribution in [1.29, 1.82) is 0 Å². The van der Waals surface area contributed by atoms with Gasteiger partial charge in [0.1, 0.15) is 5.75 Å². The first kappa shape index (κ1) is 19.9. The third-order valence-electron chi connectivity index (χ3n) is 5.21. The summed E-state index contributed by atoms with van der Waals surface area (Å²) in [5.74, 6) is -0.912. The van der Waals surface area contributed by atoms with Crippen molar-refractivity contribution in [2.45, 2.75) is 25.2 Å². The Kier molecular flexibility index (Phi) is 6.31. The second-order valence-electron chi connectivity index (χ2n) is 7.10. The van der Waals surface area contributed by atoms with Crippen LogP contribution in [-0.4, -0.2) is 43.3 Å². The molecule has 6 nitrogen and oxygen atoms in total. The average Bonchev–Trinajstić information content (AvgIpc) is 2.72. The fourth-order valence-corrected chi connectivity index (χ4v) is 3.70. The lowest BCUT2D eigenvalue weighted by molar-refractivity contribution is -0.139. The number of ether oxygens (including phenoxy) is 2. The van der Waals surface area contributed by atoms with Crippen LogP contribution in [-0.2, 0) is 14.9 Å². The largest absolute Gasteiger partial charge is 0.482 e. The van der Waals surface area contributed by atoms with E-state index in [9.17, 15) is 9.59 Å². The summed E-state index contributed by atoms with van der Waals surface area (Å²) in [5, 5.41) is 11.8. The molecule has 0 aliphatic carbocycles. The van der Waals surface area contributed by atoms with E-state index in [1.807, 2.05) is 12.1 Å². The van der Waals surface area contributed by atoms with E-state index in [1.54, 1.807) is 24.3 Å². The predicted molar refractivity (Wildman–Crippen MR) is 105 cm³/mol. The lowest BCUT2D eigenvalue weighted by Gasteiger charge is -2.39. The zero-order valence-corrected chi connectivity index (χ0v) is 15.9. The fourth-order valence-electron chi connectivity index (χ4n) is 3.70. The maximum atomic E-state index is 12.7. The highest BCUT2D eigenvalue weighted by Crippen LogP contribution is 2.36. The Balaban J connectivity index is 1.73. The SMILES string of the molecule is Cc1ccccc1C1(CNC(=O)c2cccc(OCC(=O)O)c2)CCOCC1. The van der Waals surface area contributed by atoms with Crippen molar-refractivity contribution in [2.24, 2.45) is 0 Å². The van der Waals surface area contributed by atoms with Crippen LogP contribution < -0.4 is 10.1 Å². The molecule has 0 bridgehead atoms. The van der Waals surface area contributed by atoms with Crippen molar-refractivity contribution >= 4 is 11.9 Å². The van der Waals surface area contributed by atoms with Crippen LogP contribution in [0.15, 0.2) is 48.5 Å². The van der Waals surface area contributed by atoms with Gasteiger partial charge in [0, 0.05) is 30.7 Å². The van der Waals surface area contributed by atoms with Crippen LogP contribution in [0.2, 0.25) is 0 Å². The second kappa shape index (κ2) is 8.89. The zero-order valence-electron chi connectivity index (χ0n) is 15.9. The van der Waals surface area contributed by atoms with Crippen LogP contribution in [0.5, 0.6) is 5.75 Å². The van der Waals surface area contributed by atoms with Crippen LogP contribution in [0, 0.1) is 6.92 Å². The number of carbonyl (C=O) groups excluding carboxylic acids is 1. The number of amides is 1. The number of nitrogens with one attached hydrogen (secondary N) is 1. The number of hydrogen-bond acceptors (Lipinski definition) is 4. The van der Waals surface area contributed by atoms with Crippen molar-refractivity contribution < 1.29 is 24.2 Å². The molecular formula is C22H25NO5. The van der Waals surface area contributed by atoms with Gasteiger partial charge < -0.3 is 19.9 Å². The lowest BCUT2D eigenvalue weighted by atomic mass is 9.72. The summed E-state index contributed by atoms with van der Waals surface area (Å²) >= 11 is 0.